The number of carbonyl (C=O) groups is 1. The van der Waals surface area contributed by atoms with Crippen LogP contribution in [-0.4, -0.2) is 56.2 Å². The second-order valence-corrected chi connectivity index (χ2v) is 8.05. The summed E-state index contributed by atoms with van der Waals surface area (Å²) in [5, 5.41) is 29.5. The smallest absolute Gasteiger partial charge is 0.293 e. The lowest BCUT2D eigenvalue weighted by Gasteiger charge is -2.31. The number of nitrogen functional groups attached to an aromatic ring is 1. The summed E-state index contributed by atoms with van der Waals surface area (Å²) in [6.45, 7) is 1.10. The van der Waals surface area contributed by atoms with Crippen LogP contribution >= 0.6 is 0 Å². The van der Waals surface area contributed by atoms with E-state index in [2.05, 4.69) is 42.1 Å². The van der Waals surface area contributed by atoms with E-state index in [0.29, 0.717) is 23.6 Å². The van der Waals surface area contributed by atoms with Crippen molar-refractivity contribution in [3.63, 3.8) is 0 Å². The molecule has 0 radical (unpaired) electrons. The van der Waals surface area contributed by atoms with Crippen LogP contribution in [0.4, 0.5) is 11.5 Å². The number of aryl methyl sites for hydroxylation is 1. The molecular formula is C23H23N9O4. The molecule has 2 aromatic heterocycles. The van der Waals surface area contributed by atoms with Crippen LogP contribution in [0.3, 0.4) is 0 Å². The topological polar surface area (TPSA) is 170 Å². The van der Waals surface area contributed by atoms with Crippen molar-refractivity contribution in [2.75, 3.05) is 24.3 Å². The number of aromatic nitrogens is 5. The minimum Gasteiger partial charge on any atom is -0.504 e. The molecule has 1 aliphatic rings. The van der Waals surface area contributed by atoms with Gasteiger partial charge in [-0.3, -0.25) is 4.79 Å². The van der Waals surface area contributed by atoms with Crippen LogP contribution in [0.25, 0.3) is 5.82 Å². The first-order valence-electron chi connectivity index (χ1n) is 11.1. The molecule has 4 aromatic rings. The van der Waals surface area contributed by atoms with Gasteiger partial charge in [-0.1, -0.05) is 23.4 Å². The van der Waals surface area contributed by atoms with Crippen LogP contribution in [0.2, 0.25) is 0 Å². The van der Waals surface area contributed by atoms with E-state index in [0.717, 1.165) is 25.1 Å². The Labute approximate surface area is 205 Å². The van der Waals surface area contributed by atoms with Gasteiger partial charge in [0.05, 0.1) is 25.6 Å². The predicted molar refractivity (Wildman–Crippen MR) is 129 cm³/mol. The highest BCUT2D eigenvalue weighted by atomic mass is 16.6. The number of nitrogens with two attached hydrogens (primary N) is 1. The number of phenolic OH excluding ortho intramolecular Hbond substituents is 1. The van der Waals surface area contributed by atoms with Crippen molar-refractivity contribution in [1.29, 1.82) is 0 Å². The summed E-state index contributed by atoms with van der Waals surface area (Å²) >= 11 is 0. The molecule has 4 N–H and O–H groups in total. The third-order valence-electron chi connectivity index (χ3n) is 5.80. The fourth-order valence-electron chi connectivity index (χ4n) is 4.09. The molecule has 13 heteroatoms. The Bertz CT molecular complexity index is 1430. The third-order valence-corrected chi connectivity index (χ3v) is 5.80. The normalized spacial score (nSPS) is 13.1. The van der Waals surface area contributed by atoms with Crippen molar-refractivity contribution >= 4 is 23.6 Å². The van der Waals surface area contributed by atoms with E-state index in [1.54, 1.807) is 12.1 Å². The fourth-order valence-corrected chi connectivity index (χ4v) is 4.09. The highest BCUT2D eigenvalue weighted by Crippen LogP contribution is 2.29. The number of hydrazone groups is 1. The van der Waals surface area contributed by atoms with Gasteiger partial charge in [-0.05, 0) is 58.5 Å². The molecule has 0 saturated carbocycles. The number of nitrogens with zero attached hydrogens (tertiary/aromatic N) is 7. The summed E-state index contributed by atoms with van der Waals surface area (Å²) in [4.78, 5) is 15.2. The van der Waals surface area contributed by atoms with Gasteiger partial charge >= 0.3 is 0 Å². The molecule has 13 nitrogen and oxygen atoms in total. The van der Waals surface area contributed by atoms with Crippen molar-refractivity contribution in [3.05, 3.63) is 65.0 Å². The van der Waals surface area contributed by atoms with Crippen LogP contribution < -0.4 is 20.8 Å². The summed E-state index contributed by atoms with van der Waals surface area (Å²) < 4.78 is 11.1. The second-order valence-electron chi connectivity index (χ2n) is 8.05. The largest absolute Gasteiger partial charge is 0.504 e. The quantitative estimate of drug-likeness (QED) is 0.256. The number of carbonyl (C=O) groups excluding carboxylic acids is 1. The minimum absolute atomic E-state index is 0.0180. The van der Waals surface area contributed by atoms with Gasteiger partial charge in [0.15, 0.2) is 17.2 Å². The molecule has 36 heavy (non-hydrogen) atoms. The molecule has 1 amide bonds. The van der Waals surface area contributed by atoms with E-state index in [4.69, 9.17) is 15.1 Å². The number of hydrogen-bond acceptors (Lipinski definition) is 11. The molecule has 0 unspecified atom stereocenters. The first kappa shape index (κ1) is 22.8. The number of hydrogen-bond donors (Lipinski definition) is 3. The monoisotopic (exact) mass is 489 g/mol. The lowest BCUT2D eigenvalue weighted by atomic mass is 10.0. The van der Waals surface area contributed by atoms with E-state index < -0.39 is 5.91 Å². The van der Waals surface area contributed by atoms with E-state index in [9.17, 15) is 9.90 Å². The highest BCUT2D eigenvalue weighted by Gasteiger charge is 2.27. The SMILES string of the molecule is COc1ccc(/C=N/NC(=O)c2nnn(-c3nonc3N)c2CN2CCCc3ccccc32)cc1O. The Kier molecular flexibility index (Phi) is 6.18. The van der Waals surface area contributed by atoms with Crippen molar-refractivity contribution < 1.29 is 19.3 Å². The average Bonchev–Trinajstić information content (AvgIpc) is 3.50. The zero-order chi connectivity index (χ0) is 25.1. The van der Waals surface area contributed by atoms with Gasteiger partial charge in [0.2, 0.25) is 11.6 Å². The molecule has 184 valence electrons. The number of methoxy groups -OCH3 is 1. The Morgan fingerprint density at radius 1 is 1.31 bits per heavy atom. The van der Waals surface area contributed by atoms with Crippen LogP contribution in [-0.2, 0) is 13.0 Å². The van der Waals surface area contributed by atoms with Gasteiger partial charge < -0.3 is 20.5 Å². The minimum atomic E-state index is -0.578. The average molecular weight is 489 g/mol. The number of phenols is 1. The van der Waals surface area contributed by atoms with Gasteiger partial charge in [0.25, 0.3) is 5.91 Å². The molecule has 0 bridgehead atoms. The zero-order valence-electron chi connectivity index (χ0n) is 19.3. The Hall–Kier alpha value is -4.94. The maximum Gasteiger partial charge on any atom is 0.293 e. The van der Waals surface area contributed by atoms with Crippen LogP contribution in [0.1, 0.15) is 33.7 Å². The zero-order valence-corrected chi connectivity index (χ0v) is 19.3. The molecule has 0 aliphatic carbocycles. The summed E-state index contributed by atoms with van der Waals surface area (Å²) in [7, 11) is 1.46. The fraction of sp³-hybridized carbons (Fsp3) is 0.217. The second kappa shape index (κ2) is 9.74. The lowest BCUT2D eigenvalue weighted by Crippen LogP contribution is -2.31. The van der Waals surface area contributed by atoms with E-state index in [-0.39, 0.29) is 23.1 Å². The standard InChI is InChI=1S/C23H23N9O4/c1-35-19-9-8-14(11-18(19)33)12-25-27-23(34)20-17(32(30-26-20)22-21(24)28-36-29-22)13-31-10-4-6-15-5-2-3-7-16(15)31/h2-3,5,7-9,11-12,33H,4,6,10,13H2,1H3,(H2,24,28)(H,27,34)/b25-12+. The van der Waals surface area contributed by atoms with Crippen molar-refractivity contribution in [3.8, 4) is 17.3 Å². The first-order valence-corrected chi connectivity index (χ1v) is 11.1. The molecule has 0 fully saturated rings. The predicted octanol–water partition coefficient (Wildman–Crippen LogP) is 1.66. The lowest BCUT2D eigenvalue weighted by molar-refractivity contribution is 0.0949. The number of benzene rings is 2. The number of aromatic hydroxyl groups is 1. The van der Waals surface area contributed by atoms with Gasteiger partial charge in [0.1, 0.15) is 0 Å². The molecule has 0 atom stereocenters. The molecule has 3 heterocycles. The van der Waals surface area contributed by atoms with Crippen LogP contribution in [0.15, 0.2) is 52.2 Å². The molecule has 2 aromatic carbocycles. The third kappa shape index (κ3) is 4.41. The van der Waals surface area contributed by atoms with E-state index in [1.807, 2.05) is 18.2 Å². The maximum absolute atomic E-state index is 13.1. The molecule has 1 aliphatic heterocycles. The Morgan fingerprint density at radius 2 is 2.17 bits per heavy atom. The number of para-hydroxylation sites is 1. The summed E-state index contributed by atoms with van der Waals surface area (Å²) in [5.41, 5.74) is 11.7. The molecule has 5 rings (SSSR count). The van der Waals surface area contributed by atoms with Gasteiger partial charge in [0, 0.05) is 12.2 Å². The van der Waals surface area contributed by atoms with Crippen LogP contribution in [0.5, 0.6) is 11.5 Å². The van der Waals surface area contributed by atoms with Crippen molar-refractivity contribution in [2.45, 2.75) is 19.4 Å². The van der Waals surface area contributed by atoms with Gasteiger partial charge in [-0.15, -0.1) is 5.10 Å². The van der Waals surface area contributed by atoms with E-state index in [1.165, 1.54) is 29.6 Å². The van der Waals surface area contributed by atoms with Crippen molar-refractivity contribution in [2.24, 2.45) is 5.10 Å². The number of amides is 1. The molecule has 0 saturated heterocycles. The molecule has 0 spiro atoms. The summed E-state index contributed by atoms with van der Waals surface area (Å²) in [6.07, 6.45) is 3.33. The Balaban J connectivity index is 1.43. The maximum atomic E-state index is 13.1. The number of ether oxygens (including phenoxy) is 1. The first-order chi connectivity index (χ1) is 17.5. The number of anilines is 2. The van der Waals surface area contributed by atoms with Gasteiger partial charge in [-0.2, -0.15) is 9.78 Å². The summed E-state index contributed by atoms with van der Waals surface area (Å²) in [5.74, 6) is -0.133. The summed E-state index contributed by atoms with van der Waals surface area (Å²) in [6, 6.07) is 12.9. The molecular weight excluding hydrogens is 466 g/mol. The highest BCUT2D eigenvalue weighted by molar-refractivity contribution is 5.94. The Morgan fingerprint density at radius 3 is 2.94 bits per heavy atom. The van der Waals surface area contributed by atoms with Gasteiger partial charge in [-0.25, -0.2) is 10.1 Å². The van der Waals surface area contributed by atoms with E-state index >= 15 is 0 Å². The number of rotatable bonds is 7. The number of nitrogens with one attached hydrogen (secondary N) is 1. The van der Waals surface area contributed by atoms with Crippen LogP contribution in [0, 0.1) is 0 Å². The number of fused-ring (bicyclic) bond motifs is 1. The van der Waals surface area contributed by atoms with Crippen molar-refractivity contribution in [1.82, 2.24) is 30.7 Å².